The van der Waals surface area contributed by atoms with Gasteiger partial charge in [0.15, 0.2) is 0 Å². The summed E-state index contributed by atoms with van der Waals surface area (Å²) < 4.78 is 67.3. The van der Waals surface area contributed by atoms with Crippen molar-refractivity contribution < 1.29 is 30.5 Å². The molecule has 1 aliphatic rings. The average Bonchev–Trinajstić information content (AvgIpc) is 2.16. The van der Waals surface area contributed by atoms with Gasteiger partial charge in [-0.3, -0.25) is 4.18 Å². The average molecular weight is 276 g/mol. The second-order valence-electron chi connectivity index (χ2n) is 3.92. The van der Waals surface area contributed by atoms with Crippen LogP contribution in [0, 0.1) is 0 Å². The molecular weight excluding hydrogens is 261 g/mol. The topological polar surface area (TPSA) is 52.6 Å². The minimum Gasteiger partial charge on any atom is -0.378 e. The minimum atomic E-state index is -5.49. The van der Waals surface area contributed by atoms with Gasteiger partial charge in [0.25, 0.3) is 0 Å². The number of alkyl halides is 3. The lowest BCUT2D eigenvalue weighted by molar-refractivity contribution is -0.0717. The quantitative estimate of drug-likeness (QED) is 0.583. The van der Waals surface area contributed by atoms with E-state index in [2.05, 4.69) is 4.18 Å². The molecule has 0 N–H and O–H groups in total. The van der Waals surface area contributed by atoms with Crippen LogP contribution in [0.1, 0.15) is 32.6 Å². The molecule has 0 aromatic carbocycles. The third-order valence-electron chi connectivity index (χ3n) is 2.48. The van der Waals surface area contributed by atoms with Crippen molar-refractivity contribution >= 4 is 10.1 Å². The highest BCUT2D eigenvalue weighted by atomic mass is 32.2. The Kier molecular flexibility index (Phi) is 4.79. The third kappa shape index (κ3) is 4.11. The van der Waals surface area contributed by atoms with Crippen LogP contribution in [0.25, 0.3) is 0 Å². The molecule has 0 aliphatic carbocycles. The first-order chi connectivity index (χ1) is 7.76. The van der Waals surface area contributed by atoms with Gasteiger partial charge in [0, 0.05) is 13.0 Å². The highest BCUT2D eigenvalue weighted by Gasteiger charge is 2.49. The summed E-state index contributed by atoms with van der Waals surface area (Å²) in [5, 5.41) is 0. The van der Waals surface area contributed by atoms with Gasteiger partial charge in [0.05, 0.1) is 12.2 Å². The summed E-state index contributed by atoms with van der Waals surface area (Å²) in [6.45, 7) is 2.14. The number of ether oxygens (including phenoxy) is 1. The molecule has 1 aliphatic heterocycles. The van der Waals surface area contributed by atoms with E-state index in [1.165, 1.54) is 0 Å². The fourth-order valence-electron chi connectivity index (χ4n) is 1.69. The van der Waals surface area contributed by atoms with Gasteiger partial charge < -0.3 is 4.74 Å². The number of rotatable bonds is 4. The Morgan fingerprint density at radius 2 is 2.06 bits per heavy atom. The van der Waals surface area contributed by atoms with E-state index >= 15 is 0 Å². The van der Waals surface area contributed by atoms with Gasteiger partial charge in [0.1, 0.15) is 0 Å². The van der Waals surface area contributed by atoms with Crippen molar-refractivity contribution in [3.05, 3.63) is 0 Å². The molecule has 0 amide bonds. The summed E-state index contributed by atoms with van der Waals surface area (Å²) in [7, 11) is -5.49. The molecule has 0 saturated carbocycles. The SMILES string of the molecule is CCCC1CC(OS(=O)(=O)C(F)(F)F)CCO1. The fraction of sp³-hybridized carbons (Fsp3) is 1.00. The van der Waals surface area contributed by atoms with Crippen molar-refractivity contribution in [1.29, 1.82) is 0 Å². The fourth-order valence-corrected chi connectivity index (χ4v) is 2.33. The molecule has 102 valence electrons. The van der Waals surface area contributed by atoms with E-state index in [1.807, 2.05) is 6.92 Å². The maximum atomic E-state index is 12.1. The Labute approximate surface area is 98.2 Å². The Hall–Kier alpha value is -0.340. The predicted octanol–water partition coefficient (Wildman–Crippen LogP) is 2.20. The van der Waals surface area contributed by atoms with Crippen LogP contribution in [0.15, 0.2) is 0 Å². The predicted molar refractivity (Wildman–Crippen MR) is 53.7 cm³/mol. The minimum absolute atomic E-state index is 0.162. The molecule has 0 aromatic rings. The van der Waals surface area contributed by atoms with E-state index in [1.54, 1.807) is 0 Å². The Morgan fingerprint density at radius 3 is 2.59 bits per heavy atom. The largest absolute Gasteiger partial charge is 0.523 e. The van der Waals surface area contributed by atoms with Crippen LogP contribution in [0.2, 0.25) is 0 Å². The molecule has 1 fully saturated rings. The van der Waals surface area contributed by atoms with Gasteiger partial charge in [0.2, 0.25) is 0 Å². The monoisotopic (exact) mass is 276 g/mol. The Balaban J connectivity index is 2.58. The van der Waals surface area contributed by atoms with Crippen molar-refractivity contribution in [1.82, 2.24) is 0 Å². The van der Waals surface area contributed by atoms with Crippen LogP contribution in [0.3, 0.4) is 0 Å². The summed E-state index contributed by atoms with van der Waals surface area (Å²) in [5.74, 6) is 0. The Morgan fingerprint density at radius 1 is 1.41 bits per heavy atom. The lowest BCUT2D eigenvalue weighted by Crippen LogP contribution is -2.36. The molecule has 4 nitrogen and oxygen atoms in total. The van der Waals surface area contributed by atoms with Crippen LogP contribution in [0.4, 0.5) is 13.2 Å². The van der Waals surface area contributed by atoms with E-state index in [9.17, 15) is 21.6 Å². The first-order valence-corrected chi connectivity index (χ1v) is 6.78. The van der Waals surface area contributed by atoms with Crippen LogP contribution in [-0.2, 0) is 19.0 Å². The lowest BCUT2D eigenvalue weighted by atomic mass is 10.0. The second kappa shape index (κ2) is 5.53. The molecule has 1 rings (SSSR count). The molecule has 17 heavy (non-hydrogen) atoms. The van der Waals surface area contributed by atoms with Crippen molar-refractivity contribution in [2.45, 2.75) is 50.3 Å². The van der Waals surface area contributed by atoms with Gasteiger partial charge in [-0.1, -0.05) is 13.3 Å². The molecule has 0 bridgehead atoms. The maximum absolute atomic E-state index is 12.1. The molecule has 1 heterocycles. The van der Waals surface area contributed by atoms with Crippen LogP contribution >= 0.6 is 0 Å². The van der Waals surface area contributed by atoms with Crippen molar-refractivity contribution in [3.8, 4) is 0 Å². The Bertz CT molecular complexity index is 337. The summed E-state index contributed by atoms with van der Waals surface area (Å²) in [6, 6.07) is 0. The highest BCUT2D eigenvalue weighted by molar-refractivity contribution is 7.87. The van der Waals surface area contributed by atoms with Crippen LogP contribution in [0.5, 0.6) is 0 Å². The van der Waals surface area contributed by atoms with E-state index in [0.29, 0.717) is 6.42 Å². The van der Waals surface area contributed by atoms with E-state index in [0.717, 1.165) is 6.42 Å². The normalized spacial score (nSPS) is 27.1. The molecule has 0 radical (unpaired) electrons. The maximum Gasteiger partial charge on any atom is 0.523 e. The molecule has 0 aromatic heterocycles. The van der Waals surface area contributed by atoms with Crippen molar-refractivity contribution in [3.63, 3.8) is 0 Å². The van der Waals surface area contributed by atoms with E-state index in [4.69, 9.17) is 4.74 Å². The van der Waals surface area contributed by atoms with Gasteiger partial charge in [-0.25, -0.2) is 0 Å². The molecule has 2 unspecified atom stereocenters. The van der Waals surface area contributed by atoms with E-state index in [-0.39, 0.29) is 25.6 Å². The first-order valence-electron chi connectivity index (χ1n) is 5.37. The molecule has 8 heteroatoms. The van der Waals surface area contributed by atoms with Gasteiger partial charge >= 0.3 is 15.6 Å². The summed E-state index contributed by atoms with van der Waals surface area (Å²) in [6.07, 6.45) is 0.697. The van der Waals surface area contributed by atoms with E-state index < -0.39 is 21.7 Å². The second-order valence-corrected chi connectivity index (χ2v) is 5.49. The third-order valence-corrected chi connectivity index (χ3v) is 3.57. The van der Waals surface area contributed by atoms with Crippen LogP contribution < -0.4 is 0 Å². The van der Waals surface area contributed by atoms with Gasteiger partial charge in [-0.05, 0) is 12.8 Å². The van der Waals surface area contributed by atoms with Crippen molar-refractivity contribution in [2.24, 2.45) is 0 Å². The summed E-state index contributed by atoms with van der Waals surface area (Å²) in [5.41, 5.74) is -5.36. The summed E-state index contributed by atoms with van der Waals surface area (Å²) >= 11 is 0. The molecule has 2 atom stereocenters. The number of halogens is 3. The zero-order chi connectivity index (χ0) is 13.1. The standard InChI is InChI=1S/C9H15F3O4S/c1-2-3-7-6-8(4-5-15-7)16-17(13,14)9(10,11)12/h7-8H,2-6H2,1H3. The molecule has 0 spiro atoms. The number of hydrogen-bond donors (Lipinski definition) is 0. The molecule has 1 saturated heterocycles. The highest BCUT2D eigenvalue weighted by Crippen LogP contribution is 2.29. The lowest BCUT2D eigenvalue weighted by Gasteiger charge is -2.29. The summed E-state index contributed by atoms with van der Waals surface area (Å²) in [4.78, 5) is 0. The van der Waals surface area contributed by atoms with Gasteiger partial charge in [-0.2, -0.15) is 21.6 Å². The van der Waals surface area contributed by atoms with Crippen LogP contribution in [-0.4, -0.2) is 32.7 Å². The smallest absolute Gasteiger partial charge is 0.378 e. The van der Waals surface area contributed by atoms with Gasteiger partial charge in [-0.15, -0.1) is 0 Å². The van der Waals surface area contributed by atoms with Crippen molar-refractivity contribution in [2.75, 3.05) is 6.61 Å². The zero-order valence-electron chi connectivity index (χ0n) is 9.37. The number of hydrogen-bond acceptors (Lipinski definition) is 4. The zero-order valence-corrected chi connectivity index (χ0v) is 10.2. The molecular formula is C9H15F3O4S. The first kappa shape index (κ1) is 14.7.